The third-order valence-corrected chi connectivity index (χ3v) is 1.04. The summed E-state index contributed by atoms with van der Waals surface area (Å²) in [6.45, 7) is 1.62. The van der Waals surface area contributed by atoms with Crippen LogP contribution in [0.1, 0.15) is 6.92 Å². The molecule has 0 heterocycles. The van der Waals surface area contributed by atoms with Gasteiger partial charge >= 0.3 is 0 Å². The average Bonchev–Trinajstić information content (AvgIpc) is 1.87. The molecule has 1 atom stereocenters. The summed E-state index contributed by atoms with van der Waals surface area (Å²) in [6, 6.07) is 0. The second-order valence-corrected chi connectivity index (χ2v) is 2.06. The fraction of sp³-hybridized carbons (Fsp3) is 0.375. The summed E-state index contributed by atoms with van der Waals surface area (Å²) in [5.74, 6) is 0. The van der Waals surface area contributed by atoms with E-state index < -0.39 is 6.17 Å². The minimum absolute atomic E-state index is 0.377. The maximum absolute atomic E-state index is 12.6. The van der Waals surface area contributed by atoms with Crippen molar-refractivity contribution in [2.24, 2.45) is 4.99 Å². The van der Waals surface area contributed by atoms with Crippen LogP contribution in [0.3, 0.4) is 0 Å². The summed E-state index contributed by atoms with van der Waals surface area (Å²) in [7, 11) is 1.49. The molecule has 3 heteroatoms. The largest absolute Gasteiger partial charge is 0.297 e. The fourth-order valence-electron chi connectivity index (χ4n) is 0.592. The summed E-state index contributed by atoms with van der Waals surface area (Å²) >= 11 is 0. The first-order chi connectivity index (χ1) is 5.20. The molecule has 0 saturated heterocycles. The van der Waals surface area contributed by atoms with E-state index in [2.05, 4.69) is 4.99 Å². The molecule has 0 aliphatic rings. The van der Waals surface area contributed by atoms with E-state index in [0.717, 1.165) is 6.21 Å². The third kappa shape index (κ3) is 5.45. The number of aliphatic imine (C=N–C) groups is 1. The Hall–Kier alpha value is -0.990. The van der Waals surface area contributed by atoms with Gasteiger partial charge in [0.15, 0.2) is 6.17 Å². The molecule has 1 unspecified atom stereocenters. The van der Waals surface area contributed by atoms with Gasteiger partial charge in [0.2, 0.25) is 0 Å². The summed E-state index contributed by atoms with van der Waals surface area (Å²) < 4.78 is 24.1. The summed E-state index contributed by atoms with van der Waals surface area (Å²) in [4.78, 5) is 3.49. The first-order valence-corrected chi connectivity index (χ1v) is 3.22. The third-order valence-electron chi connectivity index (χ3n) is 1.04. The van der Waals surface area contributed by atoms with Gasteiger partial charge in [0.25, 0.3) is 0 Å². The zero-order chi connectivity index (χ0) is 8.69. The molecule has 0 aromatic rings. The second-order valence-electron chi connectivity index (χ2n) is 2.06. The van der Waals surface area contributed by atoms with Crippen molar-refractivity contribution in [2.45, 2.75) is 13.1 Å². The Labute approximate surface area is 65.1 Å². The van der Waals surface area contributed by atoms with Crippen molar-refractivity contribution in [3.63, 3.8) is 0 Å². The summed E-state index contributed by atoms with van der Waals surface area (Å²) in [6.07, 6.45) is 2.77. The Balaban J connectivity index is 4.06. The molecule has 0 rings (SSSR count). The topological polar surface area (TPSA) is 12.4 Å². The lowest BCUT2D eigenvalue weighted by molar-refractivity contribution is 0.497. The van der Waals surface area contributed by atoms with Crippen molar-refractivity contribution in [1.29, 1.82) is 0 Å². The average molecular weight is 159 g/mol. The van der Waals surface area contributed by atoms with Gasteiger partial charge in [-0.3, -0.25) is 4.99 Å². The standard InChI is InChI=1S/C8H11F2N/c1-7(3-4-9)5-8(10)6-11-2/h3-6,8H,1-2H3/b4-3?,7-5-,11-6?. The monoisotopic (exact) mass is 159 g/mol. The second kappa shape index (κ2) is 5.77. The molecule has 0 fully saturated rings. The molecule has 62 valence electrons. The zero-order valence-corrected chi connectivity index (χ0v) is 6.59. The van der Waals surface area contributed by atoms with Crippen LogP contribution in [0.4, 0.5) is 8.78 Å². The van der Waals surface area contributed by atoms with Crippen molar-refractivity contribution in [3.8, 4) is 0 Å². The van der Waals surface area contributed by atoms with Gasteiger partial charge in [-0.1, -0.05) is 0 Å². The predicted octanol–water partition coefficient (Wildman–Crippen LogP) is 2.45. The predicted molar refractivity (Wildman–Crippen MR) is 43.3 cm³/mol. The quantitative estimate of drug-likeness (QED) is 0.443. The van der Waals surface area contributed by atoms with Crippen LogP contribution in [0, 0.1) is 0 Å². The maximum Gasteiger partial charge on any atom is 0.153 e. The van der Waals surface area contributed by atoms with Gasteiger partial charge < -0.3 is 0 Å². The SMILES string of the molecule is CN=CC(F)/C=C(/C)C=CF. The van der Waals surface area contributed by atoms with Gasteiger partial charge in [-0.25, -0.2) is 8.78 Å². The molecule has 0 aromatic heterocycles. The molecule has 1 nitrogen and oxygen atoms in total. The van der Waals surface area contributed by atoms with Gasteiger partial charge in [0.1, 0.15) is 0 Å². The zero-order valence-electron chi connectivity index (χ0n) is 6.59. The lowest BCUT2D eigenvalue weighted by Gasteiger charge is -1.93. The highest BCUT2D eigenvalue weighted by molar-refractivity contribution is 5.65. The van der Waals surface area contributed by atoms with Gasteiger partial charge in [-0.2, -0.15) is 0 Å². The Morgan fingerprint density at radius 1 is 1.55 bits per heavy atom. The lowest BCUT2D eigenvalue weighted by Crippen LogP contribution is -1.96. The van der Waals surface area contributed by atoms with Crippen molar-refractivity contribution in [1.82, 2.24) is 0 Å². The number of hydrogen-bond donors (Lipinski definition) is 0. The van der Waals surface area contributed by atoms with E-state index >= 15 is 0 Å². The minimum Gasteiger partial charge on any atom is -0.297 e. The maximum atomic E-state index is 12.6. The van der Waals surface area contributed by atoms with E-state index in [-0.39, 0.29) is 0 Å². The molecule has 0 aromatic carbocycles. The van der Waals surface area contributed by atoms with Gasteiger partial charge in [0, 0.05) is 13.3 Å². The number of hydrogen-bond acceptors (Lipinski definition) is 1. The molecule has 0 spiro atoms. The summed E-state index contributed by atoms with van der Waals surface area (Å²) in [5, 5.41) is 0. The van der Waals surface area contributed by atoms with Crippen LogP contribution >= 0.6 is 0 Å². The highest BCUT2D eigenvalue weighted by Gasteiger charge is 1.95. The van der Waals surface area contributed by atoms with E-state index in [1.165, 1.54) is 19.2 Å². The normalized spacial score (nSPS) is 16.5. The Morgan fingerprint density at radius 2 is 2.18 bits per heavy atom. The molecular weight excluding hydrogens is 148 g/mol. The number of allylic oxidation sites excluding steroid dienone is 3. The Kier molecular flexibility index (Phi) is 5.25. The van der Waals surface area contributed by atoms with Crippen molar-refractivity contribution in [2.75, 3.05) is 7.05 Å². The van der Waals surface area contributed by atoms with Gasteiger partial charge in [-0.15, -0.1) is 0 Å². The minimum atomic E-state index is -1.23. The van der Waals surface area contributed by atoms with Crippen LogP contribution < -0.4 is 0 Å². The molecule has 11 heavy (non-hydrogen) atoms. The van der Waals surface area contributed by atoms with E-state index in [0.29, 0.717) is 11.9 Å². The first kappa shape index (κ1) is 10.0. The van der Waals surface area contributed by atoms with Crippen LogP contribution in [-0.2, 0) is 0 Å². The Bertz CT molecular complexity index is 183. The number of halogens is 2. The van der Waals surface area contributed by atoms with Crippen LogP contribution in [-0.4, -0.2) is 19.4 Å². The van der Waals surface area contributed by atoms with Crippen LogP contribution in [0.2, 0.25) is 0 Å². The molecule has 0 aliphatic carbocycles. The van der Waals surface area contributed by atoms with Crippen molar-refractivity contribution < 1.29 is 8.78 Å². The smallest absolute Gasteiger partial charge is 0.153 e. The molecule has 0 saturated carbocycles. The van der Waals surface area contributed by atoms with Crippen LogP contribution in [0.5, 0.6) is 0 Å². The number of alkyl halides is 1. The van der Waals surface area contributed by atoms with Gasteiger partial charge in [0.05, 0.1) is 6.33 Å². The molecule has 0 N–H and O–H groups in total. The number of nitrogens with zero attached hydrogens (tertiary/aromatic N) is 1. The van der Waals surface area contributed by atoms with E-state index in [1.807, 2.05) is 0 Å². The van der Waals surface area contributed by atoms with Crippen LogP contribution in [0.25, 0.3) is 0 Å². The fourth-order valence-corrected chi connectivity index (χ4v) is 0.592. The highest BCUT2D eigenvalue weighted by Crippen LogP contribution is 1.99. The highest BCUT2D eigenvalue weighted by atomic mass is 19.1. The number of rotatable bonds is 3. The van der Waals surface area contributed by atoms with E-state index in [4.69, 9.17) is 0 Å². The molecular formula is C8H11F2N. The molecule has 0 bridgehead atoms. The van der Waals surface area contributed by atoms with Crippen LogP contribution in [0.15, 0.2) is 29.0 Å². The van der Waals surface area contributed by atoms with E-state index in [1.54, 1.807) is 6.92 Å². The molecule has 0 amide bonds. The Morgan fingerprint density at radius 3 is 2.64 bits per heavy atom. The van der Waals surface area contributed by atoms with Crippen molar-refractivity contribution >= 4 is 6.21 Å². The van der Waals surface area contributed by atoms with Gasteiger partial charge in [-0.05, 0) is 24.6 Å². The lowest BCUT2D eigenvalue weighted by atomic mass is 10.2. The molecule has 0 radical (unpaired) electrons. The van der Waals surface area contributed by atoms with Crippen molar-refractivity contribution in [3.05, 3.63) is 24.1 Å². The molecule has 0 aliphatic heterocycles. The summed E-state index contributed by atoms with van der Waals surface area (Å²) in [5.41, 5.74) is 0.542. The first-order valence-electron chi connectivity index (χ1n) is 3.22. The van der Waals surface area contributed by atoms with E-state index in [9.17, 15) is 8.78 Å².